The van der Waals surface area contributed by atoms with E-state index in [0.29, 0.717) is 36.4 Å². The van der Waals surface area contributed by atoms with Crippen molar-refractivity contribution in [2.75, 3.05) is 23.4 Å². The first-order valence-electron chi connectivity index (χ1n) is 12.5. The molecule has 0 radical (unpaired) electrons. The molecular weight excluding hydrogens is 476 g/mol. The average molecular weight is 507 g/mol. The van der Waals surface area contributed by atoms with Crippen LogP contribution in [0.1, 0.15) is 60.2 Å². The van der Waals surface area contributed by atoms with Gasteiger partial charge in [0.25, 0.3) is 5.91 Å². The molecule has 3 amide bonds. The van der Waals surface area contributed by atoms with Gasteiger partial charge in [0.05, 0.1) is 35.3 Å². The lowest BCUT2D eigenvalue weighted by Crippen LogP contribution is -2.31. The zero-order chi connectivity index (χ0) is 26.5. The third-order valence-corrected chi connectivity index (χ3v) is 6.47. The standard InChI is InChI=1S/C28H30N2O7/c1-17(2)15-36-27(34)18-10-12-20(13-11-18)29-24(31)16-37-28(35)19-6-5-7-21(14-19)30-25(32)22-8-3-4-9-23(22)26(30)33/h5-7,10-14,17,22-23H,3-4,8-9,15-16H2,1-2H3,(H,29,31)/t22-,23-/m0/s1. The molecule has 0 bridgehead atoms. The first-order valence-corrected chi connectivity index (χ1v) is 12.5. The molecule has 0 unspecified atom stereocenters. The Bertz CT molecular complexity index is 1180. The van der Waals surface area contributed by atoms with Crippen LogP contribution < -0.4 is 10.2 Å². The van der Waals surface area contributed by atoms with Gasteiger partial charge in [0.15, 0.2) is 6.61 Å². The summed E-state index contributed by atoms with van der Waals surface area (Å²) in [5, 5.41) is 2.60. The van der Waals surface area contributed by atoms with Crippen molar-refractivity contribution in [2.45, 2.75) is 39.5 Å². The molecule has 1 aliphatic heterocycles. The summed E-state index contributed by atoms with van der Waals surface area (Å²) in [7, 11) is 0. The lowest BCUT2D eigenvalue weighted by Gasteiger charge is -2.19. The van der Waals surface area contributed by atoms with E-state index in [9.17, 15) is 24.0 Å². The van der Waals surface area contributed by atoms with Crippen LogP contribution >= 0.6 is 0 Å². The highest BCUT2D eigenvalue weighted by atomic mass is 16.5. The number of anilines is 2. The third kappa shape index (κ3) is 6.04. The van der Waals surface area contributed by atoms with E-state index >= 15 is 0 Å². The predicted octanol–water partition coefficient (Wildman–Crippen LogP) is 3.97. The first kappa shape index (κ1) is 26.1. The number of hydrogen-bond donors (Lipinski definition) is 1. The number of nitrogens with one attached hydrogen (secondary N) is 1. The molecule has 1 saturated heterocycles. The summed E-state index contributed by atoms with van der Waals surface area (Å²) in [6, 6.07) is 12.3. The van der Waals surface area contributed by atoms with Crippen molar-refractivity contribution in [3.63, 3.8) is 0 Å². The summed E-state index contributed by atoms with van der Waals surface area (Å²) in [5.74, 6) is -2.57. The molecule has 0 spiro atoms. The van der Waals surface area contributed by atoms with Crippen LogP contribution in [0.3, 0.4) is 0 Å². The molecule has 2 fully saturated rings. The number of carbonyl (C=O) groups is 5. The molecule has 1 N–H and O–H groups in total. The molecule has 2 aromatic rings. The molecule has 194 valence electrons. The van der Waals surface area contributed by atoms with Gasteiger partial charge >= 0.3 is 11.9 Å². The molecule has 0 aromatic heterocycles. The Kier molecular flexibility index (Phi) is 8.01. The molecule has 1 aliphatic carbocycles. The predicted molar refractivity (Wildman–Crippen MR) is 135 cm³/mol. The summed E-state index contributed by atoms with van der Waals surface area (Å²) in [6.07, 6.45) is 3.26. The van der Waals surface area contributed by atoms with Gasteiger partial charge in [0.1, 0.15) is 0 Å². The number of nitrogens with zero attached hydrogens (tertiary/aromatic N) is 1. The second-order valence-electron chi connectivity index (χ2n) is 9.75. The maximum absolute atomic E-state index is 12.8. The number of carbonyl (C=O) groups excluding carboxylic acids is 5. The van der Waals surface area contributed by atoms with E-state index in [1.54, 1.807) is 24.3 Å². The monoisotopic (exact) mass is 506 g/mol. The van der Waals surface area contributed by atoms with Gasteiger partial charge in [-0.25, -0.2) is 9.59 Å². The molecule has 9 nitrogen and oxygen atoms in total. The fraction of sp³-hybridized carbons (Fsp3) is 0.393. The van der Waals surface area contributed by atoms with Gasteiger partial charge in [-0.3, -0.25) is 19.3 Å². The lowest BCUT2D eigenvalue weighted by molar-refractivity contribution is -0.122. The van der Waals surface area contributed by atoms with Crippen LogP contribution in [0.2, 0.25) is 0 Å². The van der Waals surface area contributed by atoms with Gasteiger partial charge < -0.3 is 14.8 Å². The van der Waals surface area contributed by atoms with Crippen molar-refractivity contribution < 1.29 is 33.4 Å². The van der Waals surface area contributed by atoms with Crippen LogP contribution in [0.5, 0.6) is 0 Å². The number of esters is 2. The lowest BCUT2D eigenvalue weighted by atomic mass is 9.81. The third-order valence-electron chi connectivity index (χ3n) is 6.47. The Balaban J connectivity index is 1.31. The van der Waals surface area contributed by atoms with Gasteiger partial charge in [-0.15, -0.1) is 0 Å². The molecule has 2 aromatic carbocycles. The van der Waals surface area contributed by atoms with E-state index in [4.69, 9.17) is 9.47 Å². The molecule has 2 atom stereocenters. The Hall–Kier alpha value is -4.01. The SMILES string of the molecule is CC(C)COC(=O)c1ccc(NC(=O)COC(=O)c2cccc(N3C(=O)[C@H]4CCCC[C@@H]4C3=O)c2)cc1. The Morgan fingerprint density at radius 2 is 1.51 bits per heavy atom. The van der Waals surface area contributed by atoms with Crippen molar-refractivity contribution >= 4 is 41.0 Å². The van der Waals surface area contributed by atoms with Crippen molar-refractivity contribution in [3.05, 3.63) is 59.7 Å². The summed E-state index contributed by atoms with van der Waals surface area (Å²) in [4.78, 5) is 63.7. The minimum Gasteiger partial charge on any atom is -0.462 e. The molecule has 4 rings (SSSR count). The van der Waals surface area contributed by atoms with Crippen LogP contribution in [0, 0.1) is 17.8 Å². The largest absolute Gasteiger partial charge is 0.462 e. The smallest absolute Gasteiger partial charge is 0.338 e. The number of hydrogen-bond acceptors (Lipinski definition) is 7. The van der Waals surface area contributed by atoms with Gasteiger partial charge in [-0.05, 0) is 61.2 Å². The minimum atomic E-state index is -0.753. The van der Waals surface area contributed by atoms with Crippen molar-refractivity contribution in [2.24, 2.45) is 17.8 Å². The highest BCUT2D eigenvalue weighted by molar-refractivity contribution is 6.22. The Morgan fingerprint density at radius 1 is 0.892 bits per heavy atom. The van der Waals surface area contributed by atoms with Crippen LogP contribution in [0.4, 0.5) is 11.4 Å². The average Bonchev–Trinajstić information content (AvgIpc) is 3.16. The molecule has 1 heterocycles. The highest BCUT2D eigenvalue weighted by Crippen LogP contribution is 2.40. The highest BCUT2D eigenvalue weighted by Gasteiger charge is 2.48. The normalized spacial score (nSPS) is 18.9. The minimum absolute atomic E-state index is 0.130. The number of imide groups is 1. The Labute approximate surface area is 215 Å². The number of amides is 3. The van der Waals surface area contributed by atoms with Gasteiger partial charge in [-0.2, -0.15) is 0 Å². The molecule has 2 aliphatic rings. The number of fused-ring (bicyclic) bond motifs is 1. The summed E-state index contributed by atoms with van der Waals surface area (Å²) < 4.78 is 10.3. The first-order chi connectivity index (χ1) is 17.7. The maximum atomic E-state index is 12.8. The summed E-state index contributed by atoms with van der Waals surface area (Å²) in [6.45, 7) is 3.66. The van der Waals surface area contributed by atoms with E-state index in [2.05, 4.69) is 5.32 Å². The van der Waals surface area contributed by atoms with Crippen LogP contribution in [-0.2, 0) is 23.9 Å². The molecule has 1 saturated carbocycles. The van der Waals surface area contributed by atoms with E-state index in [0.717, 1.165) is 12.8 Å². The zero-order valence-electron chi connectivity index (χ0n) is 20.9. The fourth-order valence-corrected chi connectivity index (χ4v) is 4.62. The quantitative estimate of drug-likeness (QED) is 0.425. The van der Waals surface area contributed by atoms with Crippen LogP contribution in [0.15, 0.2) is 48.5 Å². The van der Waals surface area contributed by atoms with Gasteiger partial charge in [0.2, 0.25) is 11.8 Å². The number of benzene rings is 2. The van der Waals surface area contributed by atoms with E-state index in [1.807, 2.05) is 13.8 Å². The number of rotatable bonds is 8. The van der Waals surface area contributed by atoms with Crippen molar-refractivity contribution in [3.8, 4) is 0 Å². The molecule has 9 heteroatoms. The van der Waals surface area contributed by atoms with Crippen LogP contribution in [-0.4, -0.2) is 42.9 Å². The van der Waals surface area contributed by atoms with Crippen molar-refractivity contribution in [1.82, 2.24) is 0 Å². The van der Waals surface area contributed by atoms with E-state index in [-0.39, 0.29) is 35.1 Å². The second kappa shape index (κ2) is 11.4. The van der Waals surface area contributed by atoms with E-state index < -0.39 is 24.5 Å². The van der Waals surface area contributed by atoms with Crippen LogP contribution in [0.25, 0.3) is 0 Å². The second-order valence-corrected chi connectivity index (χ2v) is 9.75. The number of ether oxygens (including phenoxy) is 2. The maximum Gasteiger partial charge on any atom is 0.338 e. The zero-order valence-corrected chi connectivity index (χ0v) is 20.9. The molecular formula is C28H30N2O7. The van der Waals surface area contributed by atoms with Gasteiger partial charge in [-0.1, -0.05) is 32.8 Å². The van der Waals surface area contributed by atoms with E-state index in [1.165, 1.54) is 29.2 Å². The fourth-order valence-electron chi connectivity index (χ4n) is 4.62. The summed E-state index contributed by atoms with van der Waals surface area (Å²) >= 11 is 0. The topological polar surface area (TPSA) is 119 Å². The summed E-state index contributed by atoms with van der Waals surface area (Å²) in [5.41, 5.74) is 1.25. The molecule has 37 heavy (non-hydrogen) atoms. The Morgan fingerprint density at radius 3 is 2.14 bits per heavy atom. The van der Waals surface area contributed by atoms with Crippen molar-refractivity contribution in [1.29, 1.82) is 0 Å². The van der Waals surface area contributed by atoms with Gasteiger partial charge in [0, 0.05) is 5.69 Å².